The van der Waals surface area contributed by atoms with Crippen molar-refractivity contribution in [2.24, 2.45) is 0 Å². The number of nitrogens with one attached hydrogen (secondary N) is 1. The third kappa shape index (κ3) is 4.45. The van der Waals surface area contributed by atoms with Crippen molar-refractivity contribution in [2.45, 2.75) is 39.4 Å². The van der Waals surface area contributed by atoms with Crippen molar-refractivity contribution in [3.8, 4) is 0 Å². The van der Waals surface area contributed by atoms with E-state index in [0.717, 1.165) is 10.7 Å². The summed E-state index contributed by atoms with van der Waals surface area (Å²) in [6.07, 6.45) is 2.29. The van der Waals surface area contributed by atoms with Gasteiger partial charge in [0.1, 0.15) is 6.33 Å². The molecule has 138 valence electrons. The normalized spacial score (nSPS) is 11.1. The van der Waals surface area contributed by atoms with Crippen LogP contribution in [-0.2, 0) is 19.5 Å². The molecule has 0 radical (unpaired) electrons. The van der Waals surface area contributed by atoms with Gasteiger partial charge >= 0.3 is 6.03 Å². The number of aromatic nitrogens is 5. The van der Waals surface area contributed by atoms with E-state index >= 15 is 0 Å². The summed E-state index contributed by atoms with van der Waals surface area (Å²) in [7, 11) is 1.70. The van der Waals surface area contributed by atoms with Gasteiger partial charge < -0.3 is 19.3 Å². The molecule has 0 aromatic carbocycles. The standard InChI is InChI=1S/C16H21N7O2S/c1-11(2)23-10-18-20-14(23)9-22(3)16(24)17-8-15-19-13(21-25-15)7-12-5-4-6-26-12/h4-6,10-11H,7-9H2,1-3H3,(H,17,24). The Kier molecular flexibility index (Phi) is 5.61. The van der Waals surface area contributed by atoms with Gasteiger partial charge in [-0.3, -0.25) is 0 Å². The second kappa shape index (κ2) is 8.09. The van der Waals surface area contributed by atoms with Crippen LogP contribution >= 0.6 is 11.3 Å². The van der Waals surface area contributed by atoms with Crippen LogP contribution < -0.4 is 5.32 Å². The van der Waals surface area contributed by atoms with Crippen LogP contribution in [0, 0.1) is 0 Å². The highest BCUT2D eigenvalue weighted by molar-refractivity contribution is 7.09. The third-order valence-corrected chi connectivity index (χ3v) is 4.62. The SMILES string of the molecule is CC(C)n1cnnc1CN(C)C(=O)NCc1nc(Cc2cccs2)no1. The van der Waals surface area contributed by atoms with E-state index in [1.54, 1.807) is 24.7 Å². The minimum Gasteiger partial charge on any atom is -0.337 e. The largest absolute Gasteiger partial charge is 0.337 e. The van der Waals surface area contributed by atoms with Crippen LogP contribution in [0.15, 0.2) is 28.4 Å². The van der Waals surface area contributed by atoms with E-state index in [4.69, 9.17) is 4.52 Å². The van der Waals surface area contributed by atoms with E-state index in [1.165, 1.54) is 4.90 Å². The number of carbonyl (C=O) groups is 1. The predicted octanol–water partition coefficient (Wildman–Crippen LogP) is 2.24. The molecule has 26 heavy (non-hydrogen) atoms. The molecule has 3 rings (SSSR count). The van der Waals surface area contributed by atoms with Crippen LogP contribution in [-0.4, -0.2) is 42.9 Å². The van der Waals surface area contributed by atoms with Crippen LogP contribution in [0.3, 0.4) is 0 Å². The zero-order valence-electron chi connectivity index (χ0n) is 14.9. The van der Waals surface area contributed by atoms with Gasteiger partial charge in [-0.05, 0) is 25.3 Å². The van der Waals surface area contributed by atoms with Gasteiger partial charge in [-0.2, -0.15) is 4.98 Å². The molecule has 0 unspecified atom stereocenters. The lowest BCUT2D eigenvalue weighted by atomic mass is 10.3. The van der Waals surface area contributed by atoms with Crippen molar-refractivity contribution in [2.75, 3.05) is 7.05 Å². The van der Waals surface area contributed by atoms with Gasteiger partial charge in [-0.15, -0.1) is 21.5 Å². The van der Waals surface area contributed by atoms with E-state index in [-0.39, 0.29) is 18.6 Å². The number of amides is 2. The molecule has 0 aliphatic heterocycles. The Hall–Kier alpha value is -2.75. The van der Waals surface area contributed by atoms with Crippen molar-refractivity contribution in [3.63, 3.8) is 0 Å². The fraction of sp³-hybridized carbons (Fsp3) is 0.438. The first-order valence-corrected chi connectivity index (χ1v) is 9.12. The van der Waals surface area contributed by atoms with E-state index in [9.17, 15) is 4.79 Å². The minimum atomic E-state index is -0.249. The van der Waals surface area contributed by atoms with Crippen molar-refractivity contribution < 1.29 is 9.32 Å². The number of hydrogen-bond acceptors (Lipinski definition) is 7. The van der Waals surface area contributed by atoms with E-state index < -0.39 is 0 Å². The highest BCUT2D eigenvalue weighted by atomic mass is 32.1. The van der Waals surface area contributed by atoms with Gasteiger partial charge in [0.05, 0.1) is 13.1 Å². The molecule has 0 spiro atoms. The summed E-state index contributed by atoms with van der Waals surface area (Å²) in [5.41, 5.74) is 0. The summed E-state index contributed by atoms with van der Waals surface area (Å²) in [6.45, 7) is 4.61. The maximum atomic E-state index is 12.3. The second-order valence-electron chi connectivity index (χ2n) is 6.12. The van der Waals surface area contributed by atoms with Crippen molar-refractivity contribution in [1.29, 1.82) is 0 Å². The highest BCUT2D eigenvalue weighted by Crippen LogP contribution is 2.13. The molecule has 3 heterocycles. The Labute approximate surface area is 155 Å². The first-order valence-electron chi connectivity index (χ1n) is 8.24. The molecule has 0 aliphatic carbocycles. The molecular formula is C16H21N7O2S. The molecule has 0 atom stereocenters. The zero-order valence-corrected chi connectivity index (χ0v) is 15.7. The second-order valence-corrected chi connectivity index (χ2v) is 7.16. The third-order valence-electron chi connectivity index (χ3n) is 3.74. The monoisotopic (exact) mass is 375 g/mol. The topological polar surface area (TPSA) is 102 Å². The van der Waals surface area contributed by atoms with Gasteiger partial charge in [-0.25, -0.2) is 4.79 Å². The van der Waals surface area contributed by atoms with Gasteiger partial charge in [0.25, 0.3) is 0 Å². The van der Waals surface area contributed by atoms with Crippen LogP contribution in [0.25, 0.3) is 0 Å². The Balaban J connectivity index is 1.50. The summed E-state index contributed by atoms with van der Waals surface area (Å²) >= 11 is 1.64. The lowest BCUT2D eigenvalue weighted by molar-refractivity contribution is 0.202. The van der Waals surface area contributed by atoms with Crippen molar-refractivity contribution >= 4 is 17.4 Å². The fourth-order valence-corrected chi connectivity index (χ4v) is 3.09. The molecule has 0 fully saturated rings. The van der Waals surface area contributed by atoms with E-state index in [2.05, 4.69) is 25.7 Å². The lowest BCUT2D eigenvalue weighted by Gasteiger charge is -2.18. The van der Waals surface area contributed by atoms with E-state index in [0.29, 0.717) is 24.7 Å². The van der Waals surface area contributed by atoms with Gasteiger partial charge in [0.15, 0.2) is 11.6 Å². The molecule has 10 heteroatoms. The van der Waals surface area contributed by atoms with E-state index in [1.807, 2.05) is 35.9 Å². The van der Waals surface area contributed by atoms with Gasteiger partial charge in [0, 0.05) is 24.4 Å². The Morgan fingerprint density at radius 1 is 1.46 bits per heavy atom. The van der Waals surface area contributed by atoms with Crippen molar-refractivity contribution in [3.05, 3.63) is 46.3 Å². The molecule has 0 aliphatic rings. The number of urea groups is 1. The van der Waals surface area contributed by atoms with Crippen LogP contribution in [0.5, 0.6) is 0 Å². The molecule has 3 aromatic rings. The Bertz CT molecular complexity index is 841. The van der Waals surface area contributed by atoms with Crippen LogP contribution in [0.2, 0.25) is 0 Å². The number of rotatable bonds is 7. The smallest absolute Gasteiger partial charge is 0.317 e. The summed E-state index contributed by atoms with van der Waals surface area (Å²) in [4.78, 5) is 19.3. The average Bonchev–Trinajstić information content (AvgIpc) is 3.34. The molecule has 0 saturated carbocycles. The van der Waals surface area contributed by atoms with Crippen molar-refractivity contribution in [1.82, 2.24) is 35.1 Å². The minimum absolute atomic E-state index is 0.178. The Morgan fingerprint density at radius 2 is 2.31 bits per heavy atom. The molecule has 0 saturated heterocycles. The van der Waals surface area contributed by atoms with Gasteiger partial charge in [-0.1, -0.05) is 11.2 Å². The number of nitrogens with zero attached hydrogens (tertiary/aromatic N) is 6. The first kappa shape index (κ1) is 18.1. The summed E-state index contributed by atoms with van der Waals surface area (Å²) in [6, 6.07) is 3.99. The fourth-order valence-electron chi connectivity index (χ4n) is 2.38. The quantitative estimate of drug-likeness (QED) is 0.679. The maximum Gasteiger partial charge on any atom is 0.317 e. The Morgan fingerprint density at radius 3 is 3.04 bits per heavy atom. The molecule has 9 nitrogen and oxygen atoms in total. The first-order chi connectivity index (χ1) is 12.5. The molecular weight excluding hydrogens is 354 g/mol. The molecule has 1 N–H and O–H groups in total. The molecule has 3 aromatic heterocycles. The molecule has 0 bridgehead atoms. The number of carbonyl (C=O) groups excluding carboxylic acids is 1. The summed E-state index contributed by atoms with van der Waals surface area (Å²) in [5.74, 6) is 1.72. The maximum absolute atomic E-state index is 12.3. The highest BCUT2D eigenvalue weighted by Gasteiger charge is 2.15. The van der Waals surface area contributed by atoms with Crippen LogP contribution in [0.1, 0.15) is 42.3 Å². The number of hydrogen-bond donors (Lipinski definition) is 1. The average molecular weight is 375 g/mol. The zero-order chi connectivity index (χ0) is 18.5. The summed E-state index contributed by atoms with van der Waals surface area (Å²) in [5, 5.41) is 16.7. The number of thiophene rings is 1. The predicted molar refractivity (Wildman–Crippen MR) is 95.5 cm³/mol. The summed E-state index contributed by atoms with van der Waals surface area (Å²) < 4.78 is 7.11. The van der Waals surface area contributed by atoms with Gasteiger partial charge in [0.2, 0.25) is 5.89 Å². The molecule has 2 amide bonds. The lowest BCUT2D eigenvalue weighted by Crippen LogP contribution is -2.37. The van der Waals surface area contributed by atoms with Crippen LogP contribution in [0.4, 0.5) is 4.79 Å².